The zero-order valence-corrected chi connectivity index (χ0v) is 66.3. The molecule has 0 aliphatic heterocycles. The third-order valence-electron chi connectivity index (χ3n) is 23.3. The fraction of sp³-hybridized carbons (Fsp3) is 0.460. The van der Waals surface area contributed by atoms with Crippen molar-refractivity contribution in [1.82, 2.24) is 19.9 Å². The molecule has 20 rings (SSSR count). The molecule has 9 aromatic rings. The fourth-order valence-corrected chi connectivity index (χ4v) is 15.6. The largest absolute Gasteiger partial charge is 0.261 e. The summed E-state index contributed by atoms with van der Waals surface area (Å²) < 4.78 is 0. The van der Waals surface area contributed by atoms with Gasteiger partial charge < -0.3 is 0 Å². The number of aryl methyl sites for hydroxylation is 27. The highest BCUT2D eigenvalue weighted by Gasteiger charge is 2.22. The van der Waals surface area contributed by atoms with Gasteiger partial charge in [-0.15, -0.1) is 0 Å². The summed E-state index contributed by atoms with van der Waals surface area (Å²) in [6.45, 7) is 23.8. The lowest BCUT2D eigenvalue weighted by atomic mass is 9.84. The van der Waals surface area contributed by atoms with Crippen molar-refractivity contribution < 1.29 is 0 Å². The summed E-state index contributed by atoms with van der Waals surface area (Å²) in [6.07, 6.45) is 53.9. The highest BCUT2D eigenvalue weighted by Crippen LogP contribution is 2.39. The Morgan fingerprint density at radius 2 is 0.712 bits per heavy atom. The monoisotopic (exact) mass is 1380 g/mol. The van der Waals surface area contributed by atoms with Crippen LogP contribution in [0.4, 0.5) is 0 Å². The van der Waals surface area contributed by atoms with Gasteiger partial charge in [-0.3, -0.25) is 19.9 Å². The summed E-state index contributed by atoms with van der Waals surface area (Å²) >= 11 is 0. The van der Waals surface area contributed by atoms with E-state index in [1.807, 2.05) is 32.4 Å². The maximum absolute atomic E-state index is 4.30. The van der Waals surface area contributed by atoms with Crippen LogP contribution < -0.4 is 0 Å². The quantitative estimate of drug-likeness (QED) is 0.102. The van der Waals surface area contributed by atoms with E-state index in [0.717, 1.165) is 24.2 Å². The maximum Gasteiger partial charge on any atom is 0.0625 e. The van der Waals surface area contributed by atoms with E-state index in [2.05, 4.69) is 204 Å². The molecule has 0 amide bonds. The van der Waals surface area contributed by atoms with Gasteiger partial charge in [-0.1, -0.05) is 215 Å². The van der Waals surface area contributed by atoms with E-state index in [4.69, 9.17) is 0 Å². The molecule has 4 heteroatoms. The zero-order valence-electron chi connectivity index (χ0n) is 66.3. The first-order valence-electron chi connectivity index (χ1n) is 41.3. The number of hydrogen-bond acceptors (Lipinski definition) is 4. The predicted octanol–water partition coefficient (Wildman–Crippen LogP) is 24.2. The van der Waals surface area contributed by atoms with E-state index in [0.29, 0.717) is 0 Å². The van der Waals surface area contributed by atoms with Gasteiger partial charge in [0.1, 0.15) is 0 Å². The van der Waals surface area contributed by atoms with Crippen molar-refractivity contribution in [2.24, 2.45) is 0 Å². The lowest BCUT2D eigenvalue weighted by Crippen LogP contribution is -2.13. The second kappa shape index (κ2) is 39.0. The fourth-order valence-electron chi connectivity index (χ4n) is 15.6. The average Bonchev–Trinajstić information content (AvgIpc) is 0.931. The maximum atomic E-state index is 4.30. The van der Waals surface area contributed by atoms with E-state index < -0.39 is 0 Å². The predicted molar refractivity (Wildman–Crippen MR) is 443 cm³/mol. The summed E-state index contributed by atoms with van der Waals surface area (Å²) in [6, 6.07) is 43.6. The third-order valence-corrected chi connectivity index (χ3v) is 23.3. The molecule has 0 spiro atoms. The summed E-state index contributed by atoms with van der Waals surface area (Å²) in [5, 5.41) is 0. The SMILES string of the molecule is CC1=CC2=C(CC2)C1.CCCCCCCc1ccc2c(c1)CC2.CCCCCCc1ccc2c(c1)CC2.CCCCc1ccc2c(c1)CC2.Cc1cc(C)c2c(c1)CC2.Cc1cc2c(cn1)CC2.Cc1ccc2c(c1)CC2.Cc1ccc2c(c1)CC2.Cc1cnc2c(c1)CC2.Cc1cnc2c(n1)CC2. The Bertz CT molecular complexity index is 4070. The summed E-state index contributed by atoms with van der Waals surface area (Å²) in [5.74, 6) is 0. The molecular formula is C100H126N4. The number of rotatable bonds is 14. The molecule has 104 heavy (non-hydrogen) atoms. The first kappa shape index (κ1) is 77.3. The molecule has 3 heterocycles. The Balaban J connectivity index is 0.000000116. The van der Waals surface area contributed by atoms with Gasteiger partial charge in [0.25, 0.3) is 0 Å². The van der Waals surface area contributed by atoms with Crippen LogP contribution in [0.1, 0.15) is 274 Å². The van der Waals surface area contributed by atoms with Crippen LogP contribution in [0.3, 0.4) is 0 Å². The van der Waals surface area contributed by atoms with E-state index in [1.54, 1.807) is 94.6 Å². The summed E-state index contributed by atoms with van der Waals surface area (Å²) in [7, 11) is 0. The second-order valence-corrected chi connectivity index (χ2v) is 32.1. The van der Waals surface area contributed by atoms with Crippen LogP contribution in [0.25, 0.3) is 0 Å². The van der Waals surface area contributed by atoms with E-state index in [9.17, 15) is 0 Å². The molecule has 0 bridgehead atoms. The molecule has 0 saturated carbocycles. The van der Waals surface area contributed by atoms with Gasteiger partial charge >= 0.3 is 0 Å². The van der Waals surface area contributed by atoms with Crippen LogP contribution >= 0.6 is 0 Å². The number of aromatic nitrogens is 4. The van der Waals surface area contributed by atoms with Crippen LogP contribution in [0.15, 0.2) is 157 Å². The second-order valence-electron chi connectivity index (χ2n) is 32.1. The van der Waals surface area contributed by atoms with Crippen LogP contribution in [0.5, 0.6) is 0 Å². The van der Waals surface area contributed by atoms with Crippen molar-refractivity contribution >= 4 is 0 Å². The minimum Gasteiger partial charge on any atom is -0.261 e. The topological polar surface area (TPSA) is 51.6 Å². The Morgan fingerprint density at radius 3 is 1.05 bits per heavy atom. The van der Waals surface area contributed by atoms with Gasteiger partial charge in [0.15, 0.2) is 0 Å². The molecule has 0 fully saturated rings. The molecular weight excluding hydrogens is 1260 g/mol. The number of unbranched alkanes of at least 4 members (excludes halogenated alkanes) is 8. The smallest absolute Gasteiger partial charge is 0.0625 e. The van der Waals surface area contributed by atoms with Crippen LogP contribution in [-0.4, -0.2) is 19.9 Å². The molecule has 6 aromatic carbocycles. The number of benzene rings is 6. The number of allylic oxidation sites excluding steroid dienone is 4. The Hall–Kier alpha value is -7.82. The molecule has 0 unspecified atom stereocenters. The van der Waals surface area contributed by atoms with Crippen molar-refractivity contribution in [2.45, 2.75) is 301 Å². The van der Waals surface area contributed by atoms with E-state index >= 15 is 0 Å². The van der Waals surface area contributed by atoms with Crippen LogP contribution in [-0.2, 0) is 135 Å². The molecule has 0 saturated heterocycles. The Kier molecular flexibility index (Phi) is 29.0. The first-order chi connectivity index (χ1) is 50.6. The highest BCUT2D eigenvalue weighted by atomic mass is 14.8. The standard InChI is InChI=1S/C15H22.C14H20.C12H16.C10H12.2C9H10.2C8H9N.C8H10.C7H8N2/c1-2-3-4-5-6-7-13-8-9-14-10-11-15(14)12-13;1-2-3-4-5-6-12-7-8-13-9-10-14(13)11-12;1-2-3-4-10-5-6-11-7-8-12(11)9-10;1-7-5-8(2)10-4-3-9(10)6-7;2*1-7-2-3-8-4-5-9(8)6-7;1-6-4-7-2-3-8(7)5-9-6;1-6-4-7-2-3-8(7)9-5-6;1-6-4-7-2-3-8(7)5-6;1-5-4-8-6-2-3-7(6)9-5/h8-9,12H,2-7,10-11H2,1H3;7-8,11H,2-6,9-10H2,1H3;5-6,9H,2-4,7-8H2,1H3;5-6H,3-4H2,1-2H3;2*2-3,6H,4-5H2,1H3;2*4-5H,2-3H2,1H3;4H,2-3,5H2,1H3;4H,2-3H2,1H3. The number of nitrogens with zero attached hydrogens (tertiary/aromatic N) is 4. The number of pyridine rings is 2. The van der Waals surface area contributed by atoms with Gasteiger partial charge in [-0.05, 0) is 352 Å². The molecule has 0 N–H and O–H groups in total. The molecule has 11 aliphatic rings. The molecule has 0 atom stereocenters. The van der Waals surface area contributed by atoms with Crippen LogP contribution in [0.2, 0.25) is 0 Å². The van der Waals surface area contributed by atoms with Gasteiger partial charge in [0.05, 0.1) is 17.1 Å². The highest BCUT2D eigenvalue weighted by molar-refractivity contribution is 5.47. The zero-order chi connectivity index (χ0) is 72.7. The van der Waals surface area contributed by atoms with Crippen molar-refractivity contribution in [3.8, 4) is 0 Å². The van der Waals surface area contributed by atoms with E-state index in [1.165, 1.54) is 279 Å². The lowest BCUT2D eigenvalue weighted by Gasteiger charge is -2.21. The van der Waals surface area contributed by atoms with Crippen molar-refractivity contribution in [3.05, 3.63) is 313 Å². The Labute approximate surface area is 630 Å². The molecule has 3 aromatic heterocycles. The average molecular weight is 1380 g/mol. The molecule has 4 nitrogen and oxygen atoms in total. The molecule has 11 aliphatic carbocycles. The first-order valence-corrected chi connectivity index (χ1v) is 41.3. The van der Waals surface area contributed by atoms with Crippen molar-refractivity contribution in [2.75, 3.05) is 0 Å². The summed E-state index contributed by atoms with van der Waals surface area (Å²) in [5.41, 5.74) is 45.8. The van der Waals surface area contributed by atoms with E-state index in [-0.39, 0.29) is 0 Å². The number of fused-ring (bicyclic) bond motifs is 9. The molecule has 0 radical (unpaired) electrons. The number of hydrogen-bond donors (Lipinski definition) is 0. The van der Waals surface area contributed by atoms with Crippen LogP contribution in [0, 0.1) is 48.5 Å². The van der Waals surface area contributed by atoms with Gasteiger partial charge in [0.2, 0.25) is 0 Å². The van der Waals surface area contributed by atoms with Gasteiger partial charge in [-0.25, -0.2) is 0 Å². The van der Waals surface area contributed by atoms with Crippen molar-refractivity contribution in [3.63, 3.8) is 0 Å². The normalized spacial score (nSPS) is 14.8. The van der Waals surface area contributed by atoms with Gasteiger partial charge in [0, 0.05) is 30.0 Å². The third kappa shape index (κ3) is 22.4. The Morgan fingerprint density at radius 1 is 0.279 bits per heavy atom. The minimum absolute atomic E-state index is 1.04. The lowest BCUT2D eigenvalue weighted by molar-refractivity contribution is 0.631. The van der Waals surface area contributed by atoms with Gasteiger partial charge in [-0.2, -0.15) is 0 Å². The summed E-state index contributed by atoms with van der Waals surface area (Å²) in [4.78, 5) is 17.0. The molecule has 546 valence electrons. The van der Waals surface area contributed by atoms with Crippen molar-refractivity contribution in [1.29, 1.82) is 0 Å². The minimum atomic E-state index is 1.04.